The number of carbonyl (C=O) groups is 1. The SMILES string of the molecule is Cc1cc(C)n(-c2ccc(NC(=O)[C@H]3CNC[C@@H]3c3cnn(C)c3)cc2F)n1. The van der Waals surface area contributed by atoms with Gasteiger partial charge in [0.1, 0.15) is 5.69 Å². The van der Waals surface area contributed by atoms with Crippen molar-refractivity contribution in [3.63, 3.8) is 0 Å². The third kappa shape index (κ3) is 3.43. The maximum atomic E-state index is 14.7. The van der Waals surface area contributed by atoms with Gasteiger partial charge in [-0.05, 0) is 43.7 Å². The van der Waals surface area contributed by atoms with Crippen LogP contribution < -0.4 is 10.6 Å². The molecule has 2 N–H and O–H groups in total. The Morgan fingerprint density at radius 2 is 2.11 bits per heavy atom. The van der Waals surface area contributed by atoms with E-state index in [1.54, 1.807) is 27.7 Å². The lowest BCUT2D eigenvalue weighted by Gasteiger charge is -2.17. The number of amides is 1. The first-order valence-corrected chi connectivity index (χ1v) is 9.25. The van der Waals surface area contributed by atoms with Crippen molar-refractivity contribution in [1.82, 2.24) is 24.9 Å². The largest absolute Gasteiger partial charge is 0.326 e. The van der Waals surface area contributed by atoms with Gasteiger partial charge in [0.15, 0.2) is 5.82 Å². The summed E-state index contributed by atoms with van der Waals surface area (Å²) in [5.74, 6) is -0.745. The second-order valence-corrected chi connectivity index (χ2v) is 7.31. The van der Waals surface area contributed by atoms with Gasteiger partial charge in [0.25, 0.3) is 0 Å². The van der Waals surface area contributed by atoms with Crippen molar-refractivity contribution in [2.75, 3.05) is 18.4 Å². The summed E-state index contributed by atoms with van der Waals surface area (Å²) in [7, 11) is 1.86. The van der Waals surface area contributed by atoms with E-state index in [4.69, 9.17) is 0 Å². The van der Waals surface area contributed by atoms with Gasteiger partial charge in [0.05, 0.1) is 17.8 Å². The summed E-state index contributed by atoms with van der Waals surface area (Å²) < 4.78 is 18.0. The molecule has 8 heteroatoms. The third-order valence-electron chi connectivity index (χ3n) is 5.16. The minimum absolute atomic E-state index is 0.0486. The fourth-order valence-electron chi connectivity index (χ4n) is 3.80. The van der Waals surface area contributed by atoms with E-state index in [0.717, 1.165) is 23.5 Å². The Labute approximate surface area is 162 Å². The highest BCUT2D eigenvalue weighted by Crippen LogP contribution is 2.29. The van der Waals surface area contributed by atoms with Crippen LogP contribution in [0.2, 0.25) is 0 Å². The van der Waals surface area contributed by atoms with E-state index in [0.29, 0.717) is 17.9 Å². The molecule has 0 radical (unpaired) electrons. The zero-order chi connectivity index (χ0) is 19.8. The maximum Gasteiger partial charge on any atom is 0.229 e. The normalized spacial score (nSPS) is 19.1. The highest BCUT2D eigenvalue weighted by molar-refractivity contribution is 5.93. The van der Waals surface area contributed by atoms with E-state index >= 15 is 0 Å². The number of anilines is 1. The van der Waals surface area contributed by atoms with Crippen molar-refractivity contribution in [3.8, 4) is 5.69 Å². The topological polar surface area (TPSA) is 76.8 Å². The molecule has 2 atom stereocenters. The summed E-state index contributed by atoms with van der Waals surface area (Å²) in [4.78, 5) is 12.8. The van der Waals surface area contributed by atoms with Gasteiger partial charge in [-0.2, -0.15) is 10.2 Å². The minimum atomic E-state index is -0.433. The van der Waals surface area contributed by atoms with Gasteiger partial charge >= 0.3 is 0 Å². The first kappa shape index (κ1) is 18.4. The minimum Gasteiger partial charge on any atom is -0.326 e. The maximum absolute atomic E-state index is 14.7. The molecule has 1 saturated heterocycles. The van der Waals surface area contributed by atoms with Crippen LogP contribution in [0.5, 0.6) is 0 Å². The first-order chi connectivity index (χ1) is 13.4. The number of halogens is 1. The molecule has 0 bridgehead atoms. The van der Waals surface area contributed by atoms with E-state index in [9.17, 15) is 9.18 Å². The molecule has 0 unspecified atom stereocenters. The molecule has 0 aliphatic carbocycles. The third-order valence-corrected chi connectivity index (χ3v) is 5.16. The van der Waals surface area contributed by atoms with Gasteiger partial charge in [-0.1, -0.05) is 0 Å². The van der Waals surface area contributed by atoms with Gasteiger partial charge in [0.2, 0.25) is 5.91 Å². The van der Waals surface area contributed by atoms with Crippen LogP contribution in [0.1, 0.15) is 22.9 Å². The van der Waals surface area contributed by atoms with Crippen LogP contribution >= 0.6 is 0 Å². The number of carbonyl (C=O) groups excluding carboxylic acids is 1. The fourth-order valence-corrected chi connectivity index (χ4v) is 3.80. The lowest BCUT2D eigenvalue weighted by atomic mass is 9.90. The summed E-state index contributed by atoms with van der Waals surface area (Å²) in [5.41, 5.74) is 3.50. The average molecular weight is 382 g/mol. The van der Waals surface area contributed by atoms with E-state index < -0.39 is 5.82 Å². The average Bonchev–Trinajstić information content (AvgIpc) is 3.35. The number of rotatable bonds is 4. The lowest BCUT2D eigenvalue weighted by molar-refractivity contribution is -0.119. The second-order valence-electron chi connectivity index (χ2n) is 7.31. The number of aromatic nitrogens is 4. The Hall–Kier alpha value is -3.00. The predicted octanol–water partition coefficient (Wildman–Crippen LogP) is 2.30. The molecule has 2 aromatic heterocycles. The predicted molar refractivity (Wildman–Crippen MR) is 104 cm³/mol. The van der Waals surface area contributed by atoms with Gasteiger partial charge in [-0.3, -0.25) is 9.48 Å². The molecular formula is C20H23FN6O. The summed E-state index contributed by atoms with van der Waals surface area (Å²) in [6, 6.07) is 6.57. The van der Waals surface area contributed by atoms with Gasteiger partial charge < -0.3 is 10.6 Å². The zero-order valence-corrected chi connectivity index (χ0v) is 16.1. The van der Waals surface area contributed by atoms with Crippen LogP contribution in [0, 0.1) is 25.6 Å². The highest BCUT2D eigenvalue weighted by atomic mass is 19.1. The second kappa shape index (κ2) is 7.20. The Balaban J connectivity index is 1.51. The summed E-state index contributed by atoms with van der Waals surface area (Å²) in [5, 5.41) is 14.6. The van der Waals surface area contributed by atoms with Crippen LogP contribution in [-0.4, -0.2) is 38.6 Å². The fraction of sp³-hybridized carbons (Fsp3) is 0.350. The molecular weight excluding hydrogens is 359 g/mol. The Morgan fingerprint density at radius 3 is 2.75 bits per heavy atom. The monoisotopic (exact) mass is 382 g/mol. The zero-order valence-electron chi connectivity index (χ0n) is 16.1. The Kier molecular flexibility index (Phi) is 4.72. The van der Waals surface area contributed by atoms with Crippen LogP contribution in [0.3, 0.4) is 0 Å². The van der Waals surface area contributed by atoms with E-state index in [-0.39, 0.29) is 17.7 Å². The van der Waals surface area contributed by atoms with Crippen molar-refractivity contribution in [1.29, 1.82) is 0 Å². The lowest BCUT2D eigenvalue weighted by Crippen LogP contribution is -2.28. The van der Waals surface area contributed by atoms with E-state index in [2.05, 4.69) is 20.8 Å². The van der Waals surface area contributed by atoms with E-state index in [1.165, 1.54) is 6.07 Å². The number of nitrogens with zero attached hydrogens (tertiary/aromatic N) is 4. The van der Waals surface area contributed by atoms with Gasteiger partial charge in [-0.25, -0.2) is 9.07 Å². The molecule has 28 heavy (non-hydrogen) atoms. The van der Waals surface area contributed by atoms with Crippen LogP contribution in [0.25, 0.3) is 5.69 Å². The van der Waals surface area contributed by atoms with Gasteiger partial charge in [-0.15, -0.1) is 0 Å². The molecule has 1 aromatic carbocycles. The summed E-state index contributed by atoms with van der Waals surface area (Å²) in [6.07, 6.45) is 3.72. The van der Waals surface area contributed by atoms with Gasteiger partial charge in [0, 0.05) is 43.6 Å². The van der Waals surface area contributed by atoms with E-state index in [1.807, 2.05) is 33.2 Å². The van der Waals surface area contributed by atoms with Crippen molar-refractivity contribution < 1.29 is 9.18 Å². The smallest absolute Gasteiger partial charge is 0.229 e. The quantitative estimate of drug-likeness (QED) is 0.726. The molecule has 3 heterocycles. The van der Waals surface area contributed by atoms with Crippen LogP contribution in [0.15, 0.2) is 36.7 Å². The van der Waals surface area contributed by atoms with Crippen LogP contribution in [0.4, 0.5) is 10.1 Å². The molecule has 0 spiro atoms. The highest BCUT2D eigenvalue weighted by Gasteiger charge is 2.34. The standard InChI is InChI=1S/C20H23FN6O/c1-12-6-13(2)27(25-12)19-5-4-15(7-18(19)21)24-20(28)17-10-22-9-16(17)14-8-23-26(3)11-14/h4-8,11,16-17,22H,9-10H2,1-3H3,(H,24,28)/t16-,17+/m1/s1. The number of aryl methyl sites for hydroxylation is 3. The molecule has 1 aliphatic heterocycles. The molecule has 1 amide bonds. The number of nitrogens with one attached hydrogen (secondary N) is 2. The Morgan fingerprint density at radius 1 is 1.29 bits per heavy atom. The molecule has 0 saturated carbocycles. The van der Waals surface area contributed by atoms with Crippen LogP contribution in [-0.2, 0) is 11.8 Å². The number of hydrogen-bond acceptors (Lipinski definition) is 4. The Bertz CT molecular complexity index is 1020. The number of hydrogen-bond donors (Lipinski definition) is 2. The molecule has 1 aliphatic rings. The molecule has 7 nitrogen and oxygen atoms in total. The van der Waals surface area contributed by atoms with Crippen molar-refractivity contribution in [2.24, 2.45) is 13.0 Å². The first-order valence-electron chi connectivity index (χ1n) is 9.25. The van der Waals surface area contributed by atoms with Crippen molar-refractivity contribution in [2.45, 2.75) is 19.8 Å². The molecule has 146 valence electrons. The number of benzene rings is 1. The van der Waals surface area contributed by atoms with Crippen molar-refractivity contribution >= 4 is 11.6 Å². The molecule has 4 rings (SSSR count). The summed E-state index contributed by atoms with van der Waals surface area (Å²) >= 11 is 0. The summed E-state index contributed by atoms with van der Waals surface area (Å²) in [6.45, 7) is 5.04. The molecule has 1 fully saturated rings. The van der Waals surface area contributed by atoms with Crippen molar-refractivity contribution in [3.05, 3.63) is 59.4 Å². The molecule has 3 aromatic rings.